The van der Waals surface area contributed by atoms with Crippen molar-refractivity contribution in [2.75, 3.05) is 0 Å². The number of hydrogen-bond acceptors (Lipinski definition) is 4. The fraction of sp³-hybridized carbons (Fsp3) is 0.500. The molecule has 0 radical (unpaired) electrons. The van der Waals surface area contributed by atoms with Crippen LogP contribution < -0.4 is 5.32 Å². The van der Waals surface area contributed by atoms with Crippen molar-refractivity contribution in [2.45, 2.75) is 57.0 Å². The van der Waals surface area contributed by atoms with Gasteiger partial charge in [0, 0.05) is 23.5 Å². The van der Waals surface area contributed by atoms with E-state index >= 15 is 0 Å². The van der Waals surface area contributed by atoms with Crippen molar-refractivity contribution in [3.05, 3.63) is 42.0 Å². The average molecular weight is 304 g/mol. The van der Waals surface area contributed by atoms with Crippen molar-refractivity contribution >= 4 is 11.8 Å². The summed E-state index contributed by atoms with van der Waals surface area (Å²) in [5.41, 5.74) is 1.45. The number of aromatic nitrogens is 3. The molecule has 0 saturated heterocycles. The summed E-state index contributed by atoms with van der Waals surface area (Å²) in [7, 11) is 0. The molecule has 4 nitrogen and oxygen atoms in total. The predicted octanol–water partition coefficient (Wildman–Crippen LogP) is 3.48. The summed E-state index contributed by atoms with van der Waals surface area (Å²) in [5.74, 6) is 1.88. The highest BCUT2D eigenvalue weighted by atomic mass is 32.2. The van der Waals surface area contributed by atoms with Crippen LogP contribution >= 0.6 is 11.8 Å². The van der Waals surface area contributed by atoms with Crippen LogP contribution in [0.4, 0.5) is 0 Å². The first-order chi connectivity index (χ1) is 9.98. The fourth-order valence-electron chi connectivity index (χ4n) is 1.92. The highest BCUT2D eigenvalue weighted by molar-refractivity contribution is 7.98. The van der Waals surface area contributed by atoms with Gasteiger partial charge in [0.2, 0.25) is 0 Å². The normalized spacial score (nSPS) is 11.8. The third kappa shape index (κ3) is 5.17. The van der Waals surface area contributed by atoms with E-state index in [1.54, 1.807) is 18.1 Å². The van der Waals surface area contributed by atoms with Gasteiger partial charge in [-0.3, -0.25) is 0 Å². The Bertz CT molecular complexity index is 572. The third-order valence-corrected chi connectivity index (χ3v) is 4.07. The number of thioether (sulfide) groups is 1. The molecule has 0 unspecified atom stereocenters. The van der Waals surface area contributed by atoms with Crippen molar-refractivity contribution in [3.8, 4) is 0 Å². The molecule has 0 bridgehead atoms. The quantitative estimate of drug-likeness (QED) is 0.830. The Labute approximate surface area is 131 Å². The molecule has 1 aromatic heterocycles. The zero-order valence-corrected chi connectivity index (χ0v) is 14.1. The van der Waals surface area contributed by atoms with Crippen LogP contribution in [0.2, 0.25) is 0 Å². The number of nitrogens with one attached hydrogen (secondary N) is 1. The molecule has 114 valence electrons. The van der Waals surface area contributed by atoms with E-state index in [9.17, 15) is 0 Å². The molecule has 5 heteroatoms. The van der Waals surface area contributed by atoms with Crippen LogP contribution in [-0.2, 0) is 18.8 Å². The molecule has 0 fully saturated rings. The number of benzene rings is 1. The minimum atomic E-state index is 0.140. The largest absolute Gasteiger partial charge is 0.308 e. The summed E-state index contributed by atoms with van der Waals surface area (Å²) < 4.78 is 1.94. The Morgan fingerprint density at radius 1 is 1.29 bits per heavy atom. The van der Waals surface area contributed by atoms with Crippen molar-refractivity contribution in [1.29, 1.82) is 0 Å². The van der Waals surface area contributed by atoms with Crippen molar-refractivity contribution in [1.82, 2.24) is 20.1 Å². The number of nitrogens with zero attached hydrogens (tertiary/aromatic N) is 3. The predicted molar refractivity (Wildman–Crippen MR) is 88.3 cm³/mol. The number of rotatable bonds is 6. The molecule has 21 heavy (non-hydrogen) atoms. The topological polar surface area (TPSA) is 42.7 Å². The molecule has 1 aromatic carbocycles. The zero-order valence-electron chi connectivity index (χ0n) is 13.3. The van der Waals surface area contributed by atoms with Gasteiger partial charge in [0.25, 0.3) is 0 Å². The van der Waals surface area contributed by atoms with Gasteiger partial charge in [0.1, 0.15) is 12.2 Å². The van der Waals surface area contributed by atoms with E-state index < -0.39 is 0 Å². The molecular weight excluding hydrogens is 280 g/mol. The lowest BCUT2D eigenvalue weighted by Crippen LogP contribution is -2.35. The molecule has 0 aliphatic rings. The molecule has 2 aromatic rings. The van der Waals surface area contributed by atoms with E-state index in [1.807, 2.05) is 4.68 Å². The van der Waals surface area contributed by atoms with E-state index in [2.05, 4.69) is 67.4 Å². The van der Waals surface area contributed by atoms with Crippen molar-refractivity contribution < 1.29 is 0 Å². The molecule has 1 N–H and O–H groups in total. The smallest absolute Gasteiger partial charge is 0.138 e. The summed E-state index contributed by atoms with van der Waals surface area (Å²) in [6.45, 7) is 10.4. The average Bonchev–Trinajstić information content (AvgIpc) is 2.90. The van der Waals surface area contributed by atoms with Gasteiger partial charge in [-0.15, -0.1) is 11.8 Å². The van der Waals surface area contributed by atoms with Gasteiger partial charge >= 0.3 is 0 Å². The maximum absolute atomic E-state index is 4.31. The molecule has 2 rings (SSSR count). The second-order valence-corrected chi connectivity index (χ2v) is 7.08. The Kier molecular flexibility index (Phi) is 5.42. The van der Waals surface area contributed by atoms with Crippen LogP contribution in [0.1, 0.15) is 39.1 Å². The van der Waals surface area contributed by atoms with Crippen LogP contribution in [0.15, 0.2) is 35.5 Å². The van der Waals surface area contributed by atoms with Crippen LogP contribution in [0.25, 0.3) is 0 Å². The monoisotopic (exact) mass is 304 g/mol. The van der Waals surface area contributed by atoms with E-state index in [-0.39, 0.29) is 5.54 Å². The maximum Gasteiger partial charge on any atom is 0.138 e. The first kappa shape index (κ1) is 16.0. The van der Waals surface area contributed by atoms with Gasteiger partial charge in [-0.2, -0.15) is 5.10 Å². The Morgan fingerprint density at radius 3 is 2.81 bits per heavy atom. The van der Waals surface area contributed by atoms with E-state index in [1.165, 1.54) is 10.5 Å². The van der Waals surface area contributed by atoms with Crippen LogP contribution in [0, 0.1) is 0 Å². The molecule has 0 amide bonds. The maximum atomic E-state index is 4.31. The van der Waals surface area contributed by atoms with Gasteiger partial charge in [-0.1, -0.05) is 12.1 Å². The standard InChI is InChI=1S/C16H24N4S/c1-5-20-15(17-12-19-20)11-21-14-8-6-7-13(9-14)10-18-16(2,3)4/h6-9,12,18H,5,10-11H2,1-4H3. The zero-order chi connectivity index (χ0) is 15.3. The molecular formula is C16H24N4S. The number of hydrogen-bond donors (Lipinski definition) is 1. The lowest BCUT2D eigenvalue weighted by Gasteiger charge is -2.20. The Hall–Kier alpha value is -1.33. The Balaban J connectivity index is 1.95. The molecule has 0 atom stereocenters. The lowest BCUT2D eigenvalue weighted by molar-refractivity contribution is 0.424. The van der Waals surface area contributed by atoms with Gasteiger partial charge in [0.05, 0.1) is 5.75 Å². The highest BCUT2D eigenvalue weighted by Crippen LogP contribution is 2.23. The van der Waals surface area contributed by atoms with Gasteiger partial charge in [0.15, 0.2) is 0 Å². The summed E-state index contributed by atoms with van der Waals surface area (Å²) in [5, 5.41) is 7.72. The molecule has 0 spiro atoms. The molecule has 1 heterocycles. The van der Waals surface area contributed by atoms with Crippen LogP contribution in [0.3, 0.4) is 0 Å². The summed E-state index contributed by atoms with van der Waals surface area (Å²) in [6.07, 6.45) is 1.63. The van der Waals surface area contributed by atoms with Crippen LogP contribution in [-0.4, -0.2) is 20.3 Å². The minimum Gasteiger partial charge on any atom is -0.308 e. The molecule has 0 aliphatic carbocycles. The fourth-order valence-corrected chi connectivity index (χ4v) is 2.85. The van der Waals surface area contributed by atoms with Crippen LogP contribution in [0.5, 0.6) is 0 Å². The van der Waals surface area contributed by atoms with E-state index in [0.29, 0.717) is 0 Å². The molecule has 0 aliphatic heterocycles. The van der Waals surface area contributed by atoms with Crippen molar-refractivity contribution in [2.24, 2.45) is 0 Å². The minimum absolute atomic E-state index is 0.140. The second-order valence-electron chi connectivity index (χ2n) is 6.03. The first-order valence-electron chi connectivity index (χ1n) is 7.31. The number of aryl methyl sites for hydroxylation is 1. The van der Waals surface area contributed by atoms with E-state index in [0.717, 1.165) is 24.7 Å². The highest BCUT2D eigenvalue weighted by Gasteiger charge is 2.09. The molecule has 0 saturated carbocycles. The van der Waals surface area contributed by atoms with E-state index in [4.69, 9.17) is 0 Å². The first-order valence-corrected chi connectivity index (χ1v) is 8.30. The SMILES string of the molecule is CCn1ncnc1CSc1cccc(CNC(C)(C)C)c1. The Morgan fingerprint density at radius 2 is 2.10 bits per heavy atom. The summed E-state index contributed by atoms with van der Waals surface area (Å²) in [4.78, 5) is 5.58. The summed E-state index contributed by atoms with van der Waals surface area (Å²) in [6, 6.07) is 8.68. The summed E-state index contributed by atoms with van der Waals surface area (Å²) >= 11 is 1.80. The van der Waals surface area contributed by atoms with Gasteiger partial charge in [-0.25, -0.2) is 9.67 Å². The van der Waals surface area contributed by atoms with Gasteiger partial charge in [-0.05, 0) is 45.4 Å². The second kappa shape index (κ2) is 7.09. The van der Waals surface area contributed by atoms with Crippen molar-refractivity contribution in [3.63, 3.8) is 0 Å². The lowest BCUT2D eigenvalue weighted by atomic mass is 10.1. The van der Waals surface area contributed by atoms with Gasteiger partial charge < -0.3 is 5.32 Å². The third-order valence-electron chi connectivity index (χ3n) is 3.08.